The molecule has 34 heavy (non-hydrogen) atoms. The molecule has 1 saturated heterocycles. The molecule has 0 spiro atoms. The Labute approximate surface area is 188 Å². The van der Waals surface area contributed by atoms with Gasteiger partial charge in [0.1, 0.15) is 35.2 Å². The van der Waals surface area contributed by atoms with Gasteiger partial charge in [-0.2, -0.15) is 0 Å². The van der Waals surface area contributed by atoms with Crippen molar-refractivity contribution in [3.8, 4) is 40.1 Å². The van der Waals surface area contributed by atoms with E-state index in [-0.39, 0.29) is 11.3 Å². The molecule has 4 rings (SSSR count). The van der Waals surface area contributed by atoms with Crippen LogP contribution in [-0.4, -0.2) is 77.5 Å². The molecule has 8 N–H and O–H groups in total. The van der Waals surface area contributed by atoms with Crippen LogP contribution in [0.15, 0.2) is 39.5 Å². The van der Waals surface area contributed by atoms with Crippen LogP contribution in [0.25, 0.3) is 22.3 Å². The molecule has 1 aliphatic rings. The van der Waals surface area contributed by atoms with Crippen LogP contribution < -0.4 is 10.2 Å². The molecular weight excluding hydrogens is 460 g/mol. The number of hydrogen-bond acceptors (Lipinski definition) is 12. The van der Waals surface area contributed by atoms with Crippen LogP contribution in [0.5, 0.6) is 28.7 Å². The van der Waals surface area contributed by atoms with Crippen molar-refractivity contribution in [3.05, 3.63) is 40.6 Å². The lowest BCUT2D eigenvalue weighted by molar-refractivity contribution is -0.271. The number of hydrogen-bond donors (Lipinski definition) is 8. The highest BCUT2D eigenvalue weighted by Gasteiger charge is 2.48. The van der Waals surface area contributed by atoms with E-state index < -0.39 is 81.8 Å². The standard InChI is InChI=1S/C21H18O13/c22-7-3-1-6(2-4-7)16-13(27)11(25)10-8(23)5-9(24)17(18(10)32-16)33-21-15(29)12(26)14(28)19(34-21)20(30)31/h1-5,12,14-15,19,21-24,26-29H,(H,30,31)/t12-,14-,15?,19?,21+/m0/s1. The van der Waals surface area contributed by atoms with Crippen LogP contribution in [0.1, 0.15) is 0 Å². The first-order chi connectivity index (χ1) is 16.0. The van der Waals surface area contributed by atoms with Crippen molar-refractivity contribution >= 4 is 16.9 Å². The minimum Gasteiger partial charge on any atom is -0.508 e. The zero-order valence-corrected chi connectivity index (χ0v) is 16.9. The Hall–Kier alpha value is -4.04. The van der Waals surface area contributed by atoms with Crippen LogP contribution in [0.3, 0.4) is 0 Å². The summed E-state index contributed by atoms with van der Waals surface area (Å²) in [6, 6.07) is 5.74. The van der Waals surface area contributed by atoms with Crippen molar-refractivity contribution in [2.75, 3.05) is 0 Å². The molecule has 0 bridgehead atoms. The van der Waals surface area contributed by atoms with Gasteiger partial charge in [-0.1, -0.05) is 0 Å². The van der Waals surface area contributed by atoms with Gasteiger partial charge < -0.3 is 54.7 Å². The second-order valence-electron chi connectivity index (χ2n) is 7.46. The van der Waals surface area contributed by atoms with Crippen LogP contribution >= 0.6 is 0 Å². The van der Waals surface area contributed by atoms with E-state index in [9.17, 15) is 50.4 Å². The van der Waals surface area contributed by atoms with Gasteiger partial charge in [-0.05, 0) is 24.3 Å². The SMILES string of the molecule is O=C(O)C1O[C@@H](Oc2c(O)cc(O)c3c(=O)c(O)c(-c4ccc(O)cc4)oc23)C(O)[C@@H](O)[C@@H]1O. The highest BCUT2D eigenvalue weighted by Crippen LogP contribution is 2.43. The van der Waals surface area contributed by atoms with Crippen LogP contribution in [-0.2, 0) is 9.53 Å². The number of phenolic OH excluding ortho intramolecular Hbond substituents is 3. The predicted octanol–water partition coefficient (Wildman–Crippen LogP) is -0.447. The van der Waals surface area contributed by atoms with E-state index in [1.807, 2.05) is 0 Å². The summed E-state index contributed by atoms with van der Waals surface area (Å²) < 4.78 is 15.9. The van der Waals surface area contributed by atoms with E-state index in [0.717, 1.165) is 0 Å². The zero-order chi connectivity index (χ0) is 24.9. The fourth-order valence-electron chi connectivity index (χ4n) is 3.49. The third-order valence-corrected chi connectivity index (χ3v) is 5.23. The summed E-state index contributed by atoms with van der Waals surface area (Å²) in [6.07, 6.45) is -10.0. The molecule has 0 radical (unpaired) electrons. The third kappa shape index (κ3) is 3.72. The molecule has 3 aromatic rings. The first kappa shape index (κ1) is 23.1. The van der Waals surface area contributed by atoms with Crippen LogP contribution in [0.4, 0.5) is 0 Å². The Morgan fingerprint density at radius 2 is 1.56 bits per heavy atom. The van der Waals surface area contributed by atoms with Crippen LogP contribution in [0, 0.1) is 0 Å². The number of benzene rings is 2. The van der Waals surface area contributed by atoms with Gasteiger partial charge in [0.15, 0.2) is 23.2 Å². The van der Waals surface area contributed by atoms with E-state index >= 15 is 0 Å². The van der Waals surface area contributed by atoms with Gasteiger partial charge in [-0.25, -0.2) is 4.79 Å². The van der Waals surface area contributed by atoms with Gasteiger partial charge in [0.2, 0.25) is 23.2 Å². The number of aliphatic hydroxyl groups excluding tert-OH is 3. The van der Waals surface area contributed by atoms with Gasteiger partial charge in [0.25, 0.3) is 0 Å². The zero-order valence-electron chi connectivity index (χ0n) is 16.9. The Balaban J connectivity index is 1.88. The normalized spacial score (nSPS) is 24.7. The Morgan fingerprint density at radius 1 is 0.912 bits per heavy atom. The number of carboxylic acid groups (broad SMARTS) is 1. The molecule has 2 heterocycles. The summed E-state index contributed by atoms with van der Waals surface area (Å²) in [6.45, 7) is 0. The quantitative estimate of drug-likeness (QED) is 0.238. The molecule has 0 amide bonds. The molecule has 1 aliphatic heterocycles. The maximum Gasteiger partial charge on any atom is 0.335 e. The average Bonchev–Trinajstić information content (AvgIpc) is 2.78. The van der Waals surface area contributed by atoms with Gasteiger partial charge in [-0.15, -0.1) is 0 Å². The van der Waals surface area contributed by atoms with Crippen molar-refractivity contribution < 1.29 is 59.5 Å². The second-order valence-corrected chi connectivity index (χ2v) is 7.46. The lowest BCUT2D eigenvalue weighted by Gasteiger charge is -2.38. The molecule has 0 saturated carbocycles. The number of ether oxygens (including phenoxy) is 2. The molecule has 2 aromatic carbocycles. The first-order valence-electron chi connectivity index (χ1n) is 9.64. The van der Waals surface area contributed by atoms with E-state index in [4.69, 9.17) is 13.9 Å². The van der Waals surface area contributed by atoms with Gasteiger partial charge >= 0.3 is 5.97 Å². The lowest BCUT2D eigenvalue weighted by Crippen LogP contribution is -2.61. The number of carbonyl (C=O) groups is 1. The Morgan fingerprint density at radius 3 is 2.18 bits per heavy atom. The lowest BCUT2D eigenvalue weighted by atomic mass is 9.99. The van der Waals surface area contributed by atoms with Crippen molar-refractivity contribution in [1.29, 1.82) is 0 Å². The molecule has 1 fully saturated rings. The summed E-state index contributed by atoms with van der Waals surface area (Å²) in [5, 5.41) is 78.9. The number of aliphatic carboxylic acids is 1. The number of phenols is 3. The minimum absolute atomic E-state index is 0.113. The summed E-state index contributed by atoms with van der Waals surface area (Å²) in [5.41, 5.74) is -1.64. The Bertz CT molecular complexity index is 1310. The number of rotatable bonds is 4. The van der Waals surface area contributed by atoms with E-state index in [1.165, 1.54) is 24.3 Å². The number of aliphatic hydroxyl groups is 3. The van der Waals surface area contributed by atoms with E-state index in [2.05, 4.69) is 0 Å². The maximum atomic E-state index is 12.8. The molecule has 13 nitrogen and oxygen atoms in total. The highest BCUT2D eigenvalue weighted by molar-refractivity contribution is 5.93. The Kier molecular flexibility index (Phi) is 5.70. The summed E-state index contributed by atoms with van der Waals surface area (Å²) >= 11 is 0. The number of carboxylic acids is 1. The van der Waals surface area contributed by atoms with Crippen LogP contribution in [0.2, 0.25) is 0 Å². The van der Waals surface area contributed by atoms with Crippen molar-refractivity contribution in [2.24, 2.45) is 0 Å². The predicted molar refractivity (Wildman–Crippen MR) is 110 cm³/mol. The van der Waals surface area contributed by atoms with Crippen molar-refractivity contribution in [1.82, 2.24) is 0 Å². The second kappa shape index (κ2) is 8.39. The molecule has 2 unspecified atom stereocenters. The molecule has 13 heteroatoms. The summed E-state index contributed by atoms with van der Waals surface area (Å²) in [4.78, 5) is 24.1. The molecule has 180 valence electrons. The molecule has 5 atom stereocenters. The number of aromatic hydroxyl groups is 4. The smallest absolute Gasteiger partial charge is 0.335 e. The first-order valence-corrected chi connectivity index (χ1v) is 9.64. The van der Waals surface area contributed by atoms with Crippen molar-refractivity contribution in [2.45, 2.75) is 30.7 Å². The molecule has 0 aliphatic carbocycles. The fraction of sp³-hybridized carbons (Fsp3) is 0.238. The topological polar surface area (TPSA) is 228 Å². The van der Waals surface area contributed by atoms with Gasteiger partial charge in [-0.3, -0.25) is 4.79 Å². The van der Waals surface area contributed by atoms with E-state index in [1.54, 1.807) is 0 Å². The fourth-order valence-corrected chi connectivity index (χ4v) is 3.49. The number of fused-ring (bicyclic) bond motifs is 1. The maximum absolute atomic E-state index is 12.8. The van der Waals surface area contributed by atoms with Crippen molar-refractivity contribution in [3.63, 3.8) is 0 Å². The van der Waals surface area contributed by atoms with Gasteiger partial charge in [0.05, 0.1) is 0 Å². The highest BCUT2D eigenvalue weighted by atomic mass is 16.7. The average molecular weight is 478 g/mol. The summed E-state index contributed by atoms with van der Waals surface area (Å²) in [7, 11) is 0. The minimum atomic E-state index is -2.02. The molecule has 1 aromatic heterocycles. The van der Waals surface area contributed by atoms with Gasteiger partial charge in [0, 0.05) is 11.6 Å². The monoisotopic (exact) mass is 478 g/mol. The largest absolute Gasteiger partial charge is 0.508 e. The molecular formula is C21H18O13. The van der Waals surface area contributed by atoms with E-state index in [0.29, 0.717) is 6.07 Å². The summed E-state index contributed by atoms with van der Waals surface area (Å²) in [5.74, 6) is -5.49. The third-order valence-electron chi connectivity index (χ3n) is 5.23.